The van der Waals surface area contributed by atoms with E-state index in [-0.39, 0.29) is 11.8 Å². The van der Waals surface area contributed by atoms with Gasteiger partial charge in [0.25, 0.3) is 0 Å². The number of hydrogen-bond acceptors (Lipinski definition) is 2. The van der Waals surface area contributed by atoms with Gasteiger partial charge in [-0.15, -0.1) is 11.6 Å². The van der Waals surface area contributed by atoms with E-state index in [1.165, 1.54) is 5.56 Å². The third-order valence-corrected chi connectivity index (χ3v) is 3.28. The standard InChI is InChI=1S/C17H18ClNO2/c1-12(2)13-3-7-15(8-4-13)21-16-9-5-14(6-10-16)19-17(20)11-18/h3-10,12H,11H2,1-2H3,(H,19,20). The number of hydrogen-bond donors (Lipinski definition) is 1. The second kappa shape index (κ2) is 7.14. The molecule has 0 radical (unpaired) electrons. The minimum atomic E-state index is -0.227. The number of nitrogens with one attached hydrogen (secondary N) is 1. The normalized spacial score (nSPS) is 10.5. The summed E-state index contributed by atoms with van der Waals surface area (Å²) >= 11 is 5.44. The van der Waals surface area contributed by atoms with Crippen LogP contribution in [-0.4, -0.2) is 11.8 Å². The summed E-state index contributed by atoms with van der Waals surface area (Å²) in [6.45, 7) is 4.31. The Hall–Kier alpha value is -2.00. The molecule has 21 heavy (non-hydrogen) atoms. The molecule has 4 heteroatoms. The van der Waals surface area contributed by atoms with Crippen molar-refractivity contribution in [3.8, 4) is 11.5 Å². The van der Waals surface area contributed by atoms with Crippen LogP contribution in [0.3, 0.4) is 0 Å². The van der Waals surface area contributed by atoms with Crippen molar-refractivity contribution in [3.05, 3.63) is 54.1 Å². The molecule has 2 aromatic rings. The van der Waals surface area contributed by atoms with Crippen molar-refractivity contribution < 1.29 is 9.53 Å². The van der Waals surface area contributed by atoms with Crippen LogP contribution in [0.4, 0.5) is 5.69 Å². The largest absolute Gasteiger partial charge is 0.457 e. The summed E-state index contributed by atoms with van der Waals surface area (Å²) in [6.07, 6.45) is 0. The summed E-state index contributed by atoms with van der Waals surface area (Å²) in [6, 6.07) is 15.2. The monoisotopic (exact) mass is 303 g/mol. The van der Waals surface area contributed by atoms with Crippen LogP contribution in [-0.2, 0) is 4.79 Å². The van der Waals surface area contributed by atoms with Crippen LogP contribution in [0.25, 0.3) is 0 Å². The van der Waals surface area contributed by atoms with Gasteiger partial charge in [-0.25, -0.2) is 0 Å². The van der Waals surface area contributed by atoms with Gasteiger partial charge in [-0.2, -0.15) is 0 Å². The topological polar surface area (TPSA) is 38.3 Å². The van der Waals surface area contributed by atoms with Gasteiger partial charge in [0.05, 0.1) is 0 Å². The van der Waals surface area contributed by atoms with E-state index >= 15 is 0 Å². The molecule has 0 aliphatic carbocycles. The molecule has 0 aromatic heterocycles. The Morgan fingerprint density at radius 1 is 1.05 bits per heavy atom. The van der Waals surface area contributed by atoms with Crippen molar-refractivity contribution in [2.24, 2.45) is 0 Å². The predicted octanol–water partition coefficient (Wildman–Crippen LogP) is 4.78. The summed E-state index contributed by atoms with van der Waals surface area (Å²) < 4.78 is 5.76. The van der Waals surface area contributed by atoms with Gasteiger partial charge in [0.1, 0.15) is 17.4 Å². The Morgan fingerprint density at radius 2 is 1.57 bits per heavy atom. The minimum Gasteiger partial charge on any atom is -0.457 e. The number of carbonyl (C=O) groups is 1. The minimum absolute atomic E-state index is 0.0551. The Kier molecular flexibility index (Phi) is 5.23. The van der Waals surface area contributed by atoms with Crippen LogP contribution in [0.5, 0.6) is 11.5 Å². The fourth-order valence-corrected chi connectivity index (χ4v) is 1.92. The molecular weight excluding hydrogens is 286 g/mol. The highest BCUT2D eigenvalue weighted by molar-refractivity contribution is 6.29. The molecule has 0 heterocycles. The molecule has 3 nitrogen and oxygen atoms in total. The Bertz CT molecular complexity index is 591. The number of alkyl halides is 1. The SMILES string of the molecule is CC(C)c1ccc(Oc2ccc(NC(=O)CCl)cc2)cc1. The second-order valence-electron chi connectivity index (χ2n) is 5.03. The van der Waals surface area contributed by atoms with Crippen LogP contribution < -0.4 is 10.1 Å². The first kappa shape index (κ1) is 15.4. The number of carbonyl (C=O) groups excluding carboxylic acids is 1. The molecule has 110 valence electrons. The number of anilines is 1. The molecule has 2 rings (SSSR count). The average molecular weight is 304 g/mol. The van der Waals surface area contributed by atoms with E-state index < -0.39 is 0 Å². The highest BCUT2D eigenvalue weighted by atomic mass is 35.5. The Morgan fingerprint density at radius 3 is 2.05 bits per heavy atom. The lowest BCUT2D eigenvalue weighted by atomic mass is 10.0. The molecule has 0 fully saturated rings. The molecule has 1 amide bonds. The lowest BCUT2D eigenvalue weighted by molar-refractivity contribution is -0.113. The van der Waals surface area contributed by atoms with Crippen molar-refractivity contribution in [2.75, 3.05) is 11.2 Å². The van der Waals surface area contributed by atoms with Crippen molar-refractivity contribution >= 4 is 23.2 Å². The molecule has 2 aromatic carbocycles. The van der Waals surface area contributed by atoms with Gasteiger partial charge in [-0.05, 0) is 47.9 Å². The fraction of sp³-hybridized carbons (Fsp3) is 0.235. The van der Waals surface area contributed by atoms with Crippen LogP contribution in [0.15, 0.2) is 48.5 Å². The highest BCUT2D eigenvalue weighted by Crippen LogP contribution is 2.25. The van der Waals surface area contributed by atoms with Crippen LogP contribution in [0.1, 0.15) is 25.3 Å². The number of halogens is 1. The zero-order valence-corrected chi connectivity index (χ0v) is 12.9. The molecule has 1 N–H and O–H groups in total. The van der Waals surface area contributed by atoms with E-state index in [9.17, 15) is 4.79 Å². The molecule has 0 unspecified atom stereocenters. The van der Waals surface area contributed by atoms with Gasteiger partial charge in [-0.1, -0.05) is 26.0 Å². The van der Waals surface area contributed by atoms with Crippen LogP contribution in [0, 0.1) is 0 Å². The van der Waals surface area contributed by atoms with Gasteiger partial charge in [0.15, 0.2) is 0 Å². The van der Waals surface area contributed by atoms with Gasteiger partial charge < -0.3 is 10.1 Å². The molecule has 0 aliphatic heterocycles. The van der Waals surface area contributed by atoms with Crippen LogP contribution >= 0.6 is 11.6 Å². The smallest absolute Gasteiger partial charge is 0.239 e. The maximum absolute atomic E-state index is 11.2. The highest BCUT2D eigenvalue weighted by Gasteiger charge is 2.02. The van der Waals surface area contributed by atoms with E-state index in [4.69, 9.17) is 16.3 Å². The quantitative estimate of drug-likeness (QED) is 0.807. The maximum Gasteiger partial charge on any atom is 0.239 e. The Labute approximate surface area is 129 Å². The van der Waals surface area contributed by atoms with Gasteiger partial charge in [0.2, 0.25) is 5.91 Å². The molecule has 0 aliphatic rings. The van der Waals surface area contributed by atoms with E-state index in [0.717, 1.165) is 11.5 Å². The zero-order chi connectivity index (χ0) is 15.2. The molecule has 0 saturated carbocycles. The first-order chi connectivity index (χ1) is 10.1. The summed E-state index contributed by atoms with van der Waals surface area (Å²) in [5, 5.41) is 2.68. The lowest BCUT2D eigenvalue weighted by Crippen LogP contribution is -2.12. The molecule has 0 spiro atoms. The molecule has 0 atom stereocenters. The molecule has 0 bridgehead atoms. The number of rotatable bonds is 5. The number of amides is 1. The summed E-state index contributed by atoms with van der Waals surface area (Å²) in [4.78, 5) is 11.2. The van der Waals surface area contributed by atoms with Crippen molar-refractivity contribution in [1.82, 2.24) is 0 Å². The Balaban J connectivity index is 2.01. The first-order valence-electron chi connectivity index (χ1n) is 6.82. The van der Waals surface area contributed by atoms with Crippen LogP contribution in [0.2, 0.25) is 0 Å². The summed E-state index contributed by atoms with van der Waals surface area (Å²) in [5.74, 6) is 1.73. The first-order valence-corrected chi connectivity index (χ1v) is 7.35. The number of ether oxygens (including phenoxy) is 1. The maximum atomic E-state index is 11.2. The summed E-state index contributed by atoms with van der Waals surface area (Å²) in [5.41, 5.74) is 1.98. The molecular formula is C17H18ClNO2. The van der Waals surface area contributed by atoms with E-state index in [1.54, 1.807) is 24.3 Å². The predicted molar refractivity (Wildman–Crippen MR) is 86.4 cm³/mol. The second-order valence-corrected chi connectivity index (χ2v) is 5.30. The van der Waals surface area contributed by atoms with Crippen molar-refractivity contribution in [1.29, 1.82) is 0 Å². The van der Waals surface area contributed by atoms with Crippen molar-refractivity contribution in [3.63, 3.8) is 0 Å². The van der Waals surface area contributed by atoms with Crippen molar-refractivity contribution in [2.45, 2.75) is 19.8 Å². The average Bonchev–Trinajstić information content (AvgIpc) is 2.49. The van der Waals surface area contributed by atoms with Gasteiger partial charge >= 0.3 is 0 Å². The summed E-state index contributed by atoms with van der Waals surface area (Å²) in [7, 11) is 0. The van der Waals surface area contributed by atoms with E-state index in [1.807, 2.05) is 12.1 Å². The lowest BCUT2D eigenvalue weighted by Gasteiger charge is -2.09. The third-order valence-electron chi connectivity index (χ3n) is 3.04. The zero-order valence-electron chi connectivity index (χ0n) is 12.1. The van der Waals surface area contributed by atoms with E-state index in [0.29, 0.717) is 11.6 Å². The third kappa shape index (κ3) is 4.50. The molecule has 0 saturated heterocycles. The van der Waals surface area contributed by atoms with E-state index in [2.05, 4.69) is 31.3 Å². The number of benzene rings is 2. The fourth-order valence-electron chi connectivity index (χ4n) is 1.86. The van der Waals surface area contributed by atoms with Gasteiger partial charge in [-0.3, -0.25) is 4.79 Å². The van der Waals surface area contributed by atoms with Gasteiger partial charge in [0, 0.05) is 5.69 Å².